The standard InChI is InChI=1S/C8H8O2.C2H5NO2/c9-6-8(10)7-4-2-1-3-5-7;3-1-2(4)5/h1-5,9H,6H2;1,3H2,(H,4,5). The van der Waals surface area contributed by atoms with Crippen LogP contribution in [-0.4, -0.2) is 35.1 Å². The van der Waals surface area contributed by atoms with E-state index in [0.29, 0.717) is 5.56 Å². The van der Waals surface area contributed by atoms with Gasteiger partial charge in [-0.3, -0.25) is 9.59 Å². The van der Waals surface area contributed by atoms with E-state index < -0.39 is 12.6 Å². The summed E-state index contributed by atoms with van der Waals surface area (Å²) in [4.78, 5) is 20.0. The molecule has 0 aliphatic rings. The molecule has 0 spiro atoms. The smallest absolute Gasteiger partial charge is 0.317 e. The van der Waals surface area contributed by atoms with Crippen molar-refractivity contribution >= 4 is 11.8 Å². The Morgan fingerprint density at radius 2 is 1.67 bits per heavy atom. The summed E-state index contributed by atoms with van der Waals surface area (Å²) in [6, 6.07) is 8.72. The number of carboxylic acids is 1. The van der Waals surface area contributed by atoms with Gasteiger partial charge in [-0.05, 0) is 0 Å². The predicted octanol–water partition coefficient (Wildman–Crippen LogP) is -0.109. The van der Waals surface area contributed by atoms with E-state index in [0.717, 1.165) is 0 Å². The van der Waals surface area contributed by atoms with Crippen molar-refractivity contribution in [3.05, 3.63) is 35.9 Å². The van der Waals surface area contributed by atoms with Gasteiger partial charge in [-0.2, -0.15) is 0 Å². The highest BCUT2D eigenvalue weighted by atomic mass is 16.4. The number of hydrogen-bond donors (Lipinski definition) is 3. The lowest BCUT2D eigenvalue weighted by atomic mass is 10.1. The molecule has 0 aliphatic carbocycles. The van der Waals surface area contributed by atoms with E-state index in [1.165, 1.54) is 0 Å². The minimum absolute atomic E-state index is 0.236. The number of hydrogen-bond acceptors (Lipinski definition) is 4. The van der Waals surface area contributed by atoms with Gasteiger partial charge in [0, 0.05) is 5.56 Å². The summed E-state index contributed by atoms with van der Waals surface area (Å²) in [5.41, 5.74) is 5.13. The first kappa shape index (κ1) is 13.3. The number of aliphatic hydroxyl groups excluding tert-OH is 1. The van der Waals surface area contributed by atoms with E-state index in [1.807, 2.05) is 6.07 Å². The fraction of sp³-hybridized carbons (Fsp3) is 0.200. The molecule has 0 amide bonds. The molecule has 0 radical (unpaired) electrons. The number of carboxylic acid groups (broad SMARTS) is 1. The van der Waals surface area contributed by atoms with Gasteiger partial charge in [0.05, 0.1) is 6.54 Å². The van der Waals surface area contributed by atoms with Gasteiger partial charge in [0.2, 0.25) is 0 Å². The Labute approximate surface area is 87.1 Å². The van der Waals surface area contributed by atoms with Crippen LogP contribution in [-0.2, 0) is 4.79 Å². The average molecular weight is 211 g/mol. The zero-order valence-corrected chi connectivity index (χ0v) is 8.09. The summed E-state index contributed by atoms with van der Waals surface area (Å²) in [5.74, 6) is -1.20. The van der Waals surface area contributed by atoms with E-state index in [2.05, 4.69) is 5.73 Å². The third-order valence-corrected chi connectivity index (χ3v) is 1.41. The maximum atomic E-state index is 10.8. The molecule has 0 bridgehead atoms. The number of rotatable bonds is 3. The van der Waals surface area contributed by atoms with E-state index in [4.69, 9.17) is 10.2 Å². The van der Waals surface area contributed by atoms with Crippen LogP contribution in [0.1, 0.15) is 10.4 Å². The van der Waals surface area contributed by atoms with E-state index in [-0.39, 0.29) is 12.3 Å². The van der Waals surface area contributed by atoms with Crippen LogP contribution in [0.4, 0.5) is 0 Å². The van der Waals surface area contributed by atoms with E-state index in [9.17, 15) is 9.59 Å². The third kappa shape index (κ3) is 6.36. The number of benzene rings is 1. The van der Waals surface area contributed by atoms with Crippen molar-refractivity contribution in [3.63, 3.8) is 0 Å². The van der Waals surface area contributed by atoms with Crippen molar-refractivity contribution in [1.29, 1.82) is 0 Å². The molecule has 0 saturated heterocycles. The Bertz CT molecular complexity index is 310. The van der Waals surface area contributed by atoms with Gasteiger partial charge in [0.1, 0.15) is 6.61 Å². The number of aliphatic carboxylic acids is 1. The van der Waals surface area contributed by atoms with Gasteiger partial charge >= 0.3 is 5.97 Å². The fourth-order valence-corrected chi connectivity index (χ4v) is 0.715. The first-order chi connectivity index (χ1) is 7.11. The molecule has 0 aliphatic heterocycles. The number of carbonyl (C=O) groups excluding carboxylic acids is 1. The van der Waals surface area contributed by atoms with Gasteiger partial charge in [-0.15, -0.1) is 0 Å². The molecule has 0 aromatic heterocycles. The molecule has 15 heavy (non-hydrogen) atoms. The molecule has 5 nitrogen and oxygen atoms in total. The van der Waals surface area contributed by atoms with Crippen LogP contribution in [0.2, 0.25) is 0 Å². The highest BCUT2D eigenvalue weighted by Gasteiger charge is 1.99. The summed E-state index contributed by atoms with van der Waals surface area (Å²) in [6.07, 6.45) is 0. The quantitative estimate of drug-likeness (QED) is 0.606. The second-order valence-corrected chi connectivity index (χ2v) is 2.55. The molecule has 1 aromatic rings. The molecule has 0 fully saturated rings. The maximum Gasteiger partial charge on any atom is 0.317 e. The molecule has 1 rings (SSSR count). The van der Waals surface area contributed by atoms with Crippen LogP contribution in [0.15, 0.2) is 30.3 Å². The zero-order chi connectivity index (χ0) is 11.7. The minimum atomic E-state index is -0.968. The molecule has 0 saturated carbocycles. The summed E-state index contributed by atoms with van der Waals surface area (Å²) in [7, 11) is 0. The van der Waals surface area contributed by atoms with Crippen molar-refractivity contribution in [3.8, 4) is 0 Å². The first-order valence-electron chi connectivity index (χ1n) is 4.22. The van der Waals surface area contributed by atoms with Crippen molar-refractivity contribution in [1.82, 2.24) is 0 Å². The molecule has 5 heteroatoms. The number of nitrogens with two attached hydrogens (primary N) is 1. The van der Waals surface area contributed by atoms with Crippen LogP contribution in [0.3, 0.4) is 0 Å². The van der Waals surface area contributed by atoms with Crippen molar-refractivity contribution in [2.45, 2.75) is 0 Å². The van der Waals surface area contributed by atoms with Gasteiger partial charge in [0.15, 0.2) is 5.78 Å². The Morgan fingerprint density at radius 1 is 1.20 bits per heavy atom. The normalized spacial score (nSPS) is 8.67. The van der Waals surface area contributed by atoms with E-state index in [1.54, 1.807) is 24.3 Å². The van der Waals surface area contributed by atoms with Crippen LogP contribution in [0, 0.1) is 0 Å². The van der Waals surface area contributed by atoms with Gasteiger partial charge in [0.25, 0.3) is 0 Å². The maximum absolute atomic E-state index is 10.8. The lowest BCUT2D eigenvalue weighted by molar-refractivity contribution is -0.135. The lowest BCUT2D eigenvalue weighted by Gasteiger charge is -1.93. The lowest BCUT2D eigenvalue weighted by Crippen LogP contribution is -2.10. The molecule has 0 atom stereocenters. The number of ketones is 1. The van der Waals surface area contributed by atoms with Crippen molar-refractivity contribution in [2.24, 2.45) is 5.73 Å². The molecule has 0 heterocycles. The van der Waals surface area contributed by atoms with E-state index >= 15 is 0 Å². The Balaban J connectivity index is 0.000000336. The molecule has 1 aromatic carbocycles. The largest absolute Gasteiger partial charge is 0.480 e. The van der Waals surface area contributed by atoms with Crippen LogP contribution >= 0.6 is 0 Å². The minimum Gasteiger partial charge on any atom is -0.480 e. The van der Waals surface area contributed by atoms with Crippen molar-refractivity contribution < 1.29 is 19.8 Å². The van der Waals surface area contributed by atoms with Crippen molar-refractivity contribution in [2.75, 3.05) is 13.2 Å². The second kappa shape index (κ2) is 7.66. The third-order valence-electron chi connectivity index (χ3n) is 1.41. The Kier molecular flexibility index (Phi) is 6.78. The fourth-order valence-electron chi connectivity index (χ4n) is 0.715. The number of Topliss-reactive ketones (excluding diaryl/α,β-unsaturated/α-hetero) is 1. The SMILES string of the molecule is NCC(=O)O.O=C(CO)c1ccccc1. The number of aliphatic hydroxyl groups is 1. The highest BCUT2D eigenvalue weighted by molar-refractivity contribution is 5.96. The average Bonchev–Trinajstić information content (AvgIpc) is 2.30. The molecule has 4 N–H and O–H groups in total. The first-order valence-corrected chi connectivity index (χ1v) is 4.22. The summed E-state index contributed by atoms with van der Waals surface area (Å²) in [5, 5.41) is 16.0. The summed E-state index contributed by atoms with van der Waals surface area (Å²) in [6.45, 7) is -0.690. The predicted molar refractivity (Wildman–Crippen MR) is 54.5 cm³/mol. The molecular weight excluding hydrogens is 198 g/mol. The summed E-state index contributed by atoms with van der Waals surface area (Å²) >= 11 is 0. The number of carbonyl (C=O) groups is 2. The topological polar surface area (TPSA) is 101 Å². The summed E-state index contributed by atoms with van der Waals surface area (Å²) < 4.78 is 0. The van der Waals surface area contributed by atoms with Gasteiger partial charge in [-0.1, -0.05) is 30.3 Å². The molecular formula is C10H13NO4. The van der Waals surface area contributed by atoms with Gasteiger partial charge in [-0.25, -0.2) is 0 Å². The van der Waals surface area contributed by atoms with Gasteiger partial charge < -0.3 is 15.9 Å². The zero-order valence-electron chi connectivity index (χ0n) is 8.09. The van der Waals surface area contributed by atoms with Crippen LogP contribution in [0.5, 0.6) is 0 Å². The van der Waals surface area contributed by atoms with Crippen LogP contribution in [0.25, 0.3) is 0 Å². The molecule has 0 unspecified atom stereocenters. The Hall–Kier alpha value is -1.72. The monoisotopic (exact) mass is 211 g/mol. The molecule has 82 valence electrons. The Morgan fingerprint density at radius 3 is 2.00 bits per heavy atom. The second-order valence-electron chi connectivity index (χ2n) is 2.55. The van der Waals surface area contributed by atoms with Crippen LogP contribution < -0.4 is 5.73 Å². The highest BCUT2D eigenvalue weighted by Crippen LogP contribution is 1.97.